The van der Waals surface area contributed by atoms with Gasteiger partial charge in [0.2, 0.25) is 5.76 Å². The second-order valence-corrected chi connectivity index (χ2v) is 4.46. The summed E-state index contributed by atoms with van der Waals surface area (Å²) >= 11 is 5.00. The van der Waals surface area contributed by atoms with Crippen LogP contribution in [0.1, 0.15) is 27.9 Å². The molecule has 6 heteroatoms. The highest BCUT2D eigenvalue weighted by Gasteiger charge is 2.21. The van der Waals surface area contributed by atoms with Gasteiger partial charge in [-0.1, -0.05) is 42.5 Å². The molecule has 2 aromatic rings. The van der Waals surface area contributed by atoms with Crippen LogP contribution in [0.5, 0.6) is 0 Å². The van der Waals surface area contributed by atoms with Crippen LogP contribution in [0.4, 0.5) is 0 Å². The largest absolute Gasteiger partial charge is 0.438 e. The van der Waals surface area contributed by atoms with Crippen molar-refractivity contribution in [3.63, 3.8) is 0 Å². The predicted molar refractivity (Wildman–Crippen MR) is 74.7 cm³/mol. The lowest BCUT2D eigenvalue weighted by atomic mass is 10.1. The van der Waals surface area contributed by atoms with Crippen LogP contribution in [0.25, 0.3) is 0 Å². The Bertz CT molecular complexity index is 595. The standard InChI is InChI=1S/C13H13N3O2S/c1-8-11(18-7-15-8)13(17)16-10(12(14)19)9-5-3-2-4-6-9/h2-7,10H,1H3,(H2,14,19)(H,16,17). The summed E-state index contributed by atoms with van der Waals surface area (Å²) in [6, 6.07) is 8.74. The smallest absolute Gasteiger partial charge is 0.289 e. The molecule has 0 aliphatic heterocycles. The van der Waals surface area contributed by atoms with Crippen LogP contribution < -0.4 is 11.1 Å². The van der Waals surface area contributed by atoms with Crippen molar-refractivity contribution in [1.82, 2.24) is 10.3 Å². The molecule has 1 heterocycles. The molecular weight excluding hydrogens is 262 g/mol. The lowest BCUT2D eigenvalue weighted by molar-refractivity contribution is 0.0918. The summed E-state index contributed by atoms with van der Waals surface area (Å²) in [5.74, 6) is -0.228. The predicted octanol–water partition coefficient (Wildman–Crippen LogP) is 1.74. The number of aryl methyl sites for hydroxylation is 1. The van der Waals surface area contributed by atoms with E-state index >= 15 is 0 Å². The lowest BCUT2D eigenvalue weighted by Gasteiger charge is -2.17. The third-order valence-electron chi connectivity index (χ3n) is 2.64. The van der Waals surface area contributed by atoms with Crippen LogP contribution in [0, 0.1) is 6.92 Å². The normalized spacial score (nSPS) is 11.8. The van der Waals surface area contributed by atoms with E-state index in [1.807, 2.05) is 30.3 Å². The highest BCUT2D eigenvalue weighted by atomic mass is 32.1. The number of thiocarbonyl (C=S) groups is 1. The second-order valence-electron chi connectivity index (χ2n) is 3.99. The van der Waals surface area contributed by atoms with Gasteiger partial charge in [-0.2, -0.15) is 0 Å². The molecule has 1 amide bonds. The van der Waals surface area contributed by atoms with Gasteiger partial charge in [-0.15, -0.1) is 0 Å². The van der Waals surface area contributed by atoms with E-state index < -0.39 is 11.9 Å². The molecule has 0 aliphatic rings. The van der Waals surface area contributed by atoms with Gasteiger partial charge in [0.25, 0.3) is 5.91 Å². The van der Waals surface area contributed by atoms with Crippen molar-refractivity contribution in [2.24, 2.45) is 5.73 Å². The molecule has 0 bridgehead atoms. The number of nitrogens with one attached hydrogen (secondary N) is 1. The van der Waals surface area contributed by atoms with E-state index in [4.69, 9.17) is 22.4 Å². The molecule has 0 spiro atoms. The first-order chi connectivity index (χ1) is 9.09. The third kappa shape index (κ3) is 2.97. The first-order valence-corrected chi connectivity index (χ1v) is 6.05. The van der Waals surface area contributed by atoms with Crippen LogP contribution in [0.3, 0.4) is 0 Å². The van der Waals surface area contributed by atoms with E-state index in [9.17, 15) is 4.79 Å². The molecule has 2 rings (SSSR count). The van der Waals surface area contributed by atoms with Gasteiger partial charge >= 0.3 is 0 Å². The Hall–Kier alpha value is -2.21. The van der Waals surface area contributed by atoms with Crippen molar-refractivity contribution in [1.29, 1.82) is 0 Å². The van der Waals surface area contributed by atoms with Crippen molar-refractivity contribution in [2.75, 3.05) is 0 Å². The van der Waals surface area contributed by atoms with Crippen molar-refractivity contribution in [3.05, 3.63) is 53.7 Å². The summed E-state index contributed by atoms with van der Waals surface area (Å²) in [4.78, 5) is 16.1. The maximum atomic E-state index is 12.1. The molecule has 5 nitrogen and oxygen atoms in total. The van der Waals surface area contributed by atoms with E-state index in [0.717, 1.165) is 5.56 Å². The highest BCUT2D eigenvalue weighted by Crippen LogP contribution is 2.14. The zero-order valence-corrected chi connectivity index (χ0v) is 11.1. The molecule has 0 fully saturated rings. The quantitative estimate of drug-likeness (QED) is 0.831. The number of carbonyl (C=O) groups excluding carboxylic acids is 1. The molecule has 1 aromatic carbocycles. The Kier molecular flexibility index (Phi) is 3.91. The highest BCUT2D eigenvalue weighted by molar-refractivity contribution is 7.80. The fourth-order valence-corrected chi connectivity index (χ4v) is 1.88. The van der Waals surface area contributed by atoms with Crippen LogP contribution in [0.15, 0.2) is 41.1 Å². The van der Waals surface area contributed by atoms with E-state index in [2.05, 4.69) is 10.3 Å². The Morgan fingerprint density at radius 2 is 2.11 bits per heavy atom. The number of hydrogen-bond donors (Lipinski definition) is 2. The summed E-state index contributed by atoms with van der Waals surface area (Å²) < 4.78 is 5.04. The van der Waals surface area contributed by atoms with Gasteiger partial charge in [-0.05, 0) is 12.5 Å². The zero-order chi connectivity index (χ0) is 13.8. The number of hydrogen-bond acceptors (Lipinski definition) is 4. The Labute approximate surface area is 115 Å². The molecule has 98 valence electrons. The second kappa shape index (κ2) is 5.62. The first kappa shape index (κ1) is 13.2. The van der Waals surface area contributed by atoms with Gasteiger partial charge in [-0.3, -0.25) is 4.79 Å². The Morgan fingerprint density at radius 3 is 2.63 bits per heavy atom. The van der Waals surface area contributed by atoms with Gasteiger partial charge in [0.15, 0.2) is 6.39 Å². The van der Waals surface area contributed by atoms with Gasteiger partial charge in [0.1, 0.15) is 11.0 Å². The SMILES string of the molecule is Cc1ncoc1C(=O)NC(C(N)=S)c1ccccc1. The topological polar surface area (TPSA) is 81.2 Å². The number of carbonyl (C=O) groups is 1. The van der Waals surface area contributed by atoms with Gasteiger partial charge in [0, 0.05) is 0 Å². The molecular formula is C13H13N3O2S. The van der Waals surface area contributed by atoms with Crippen molar-refractivity contribution in [2.45, 2.75) is 13.0 Å². The summed E-state index contributed by atoms with van der Waals surface area (Å²) in [7, 11) is 0. The summed E-state index contributed by atoms with van der Waals surface area (Å²) in [5.41, 5.74) is 7.02. The van der Waals surface area contributed by atoms with Gasteiger partial charge in [-0.25, -0.2) is 4.98 Å². The summed E-state index contributed by atoms with van der Waals surface area (Å²) in [6.07, 6.45) is 1.22. The zero-order valence-electron chi connectivity index (χ0n) is 10.3. The monoisotopic (exact) mass is 275 g/mol. The number of oxazole rings is 1. The van der Waals surface area contributed by atoms with E-state index in [1.54, 1.807) is 6.92 Å². The number of rotatable bonds is 4. The Morgan fingerprint density at radius 1 is 1.42 bits per heavy atom. The number of nitrogens with zero attached hydrogens (tertiary/aromatic N) is 1. The van der Waals surface area contributed by atoms with Gasteiger partial charge in [0.05, 0.1) is 5.69 Å². The maximum absolute atomic E-state index is 12.1. The average molecular weight is 275 g/mol. The molecule has 1 aromatic heterocycles. The molecule has 19 heavy (non-hydrogen) atoms. The van der Waals surface area contributed by atoms with Crippen LogP contribution in [0.2, 0.25) is 0 Å². The van der Waals surface area contributed by atoms with Crippen LogP contribution >= 0.6 is 12.2 Å². The van der Waals surface area contributed by atoms with E-state index in [-0.39, 0.29) is 10.7 Å². The molecule has 1 atom stereocenters. The fourth-order valence-electron chi connectivity index (χ4n) is 1.68. The van der Waals surface area contributed by atoms with Gasteiger partial charge < -0.3 is 15.5 Å². The average Bonchev–Trinajstić information content (AvgIpc) is 2.82. The van der Waals surface area contributed by atoms with Crippen LogP contribution in [-0.2, 0) is 0 Å². The molecule has 1 unspecified atom stereocenters. The minimum atomic E-state index is -0.534. The van der Waals surface area contributed by atoms with E-state index in [1.165, 1.54) is 6.39 Å². The number of amides is 1. The molecule has 0 aliphatic carbocycles. The minimum Gasteiger partial charge on any atom is -0.438 e. The number of nitrogens with two attached hydrogens (primary N) is 1. The molecule has 0 radical (unpaired) electrons. The molecule has 0 saturated heterocycles. The molecule has 3 N–H and O–H groups in total. The lowest BCUT2D eigenvalue weighted by Crippen LogP contribution is -2.36. The van der Waals surface area contributed by atoms with E-state index in [0.29, 0.717) is 5.69 Å². The third-order valence-corrected chi connectivity index (χ3v) is 2.88. The van der Waals surface area contributed by atoms with Crippen molar-refractivity contribution >= 4 is 23.1 Å². The van der Waals surface area contributed by atoms with Crippen molar-refractivity contribution < 1.29 is 9.21 Å². The minimum absolute atomic E-state index is 0.164. The summed E-state index contributed by atoms with van der Waals surface area (Å²) in [5, 5.41) is 2.74. The maximum Gasteiger partial charge on any atom is 0.289 e. The fraction of sp³-hybridized carbons (Fsp3) is 0.154. The Balaban J connectivity index is 2.21. The van der Waals surface area contributed by atoms with Crippen LogP contribution in [-0.4, -0.2) is 15.9 Å². The van der Waals surface area contributed by atoms with Crippen molar-refractivity contribution in [3.8, 4) is 0 Å². The number of aromatic nitrogens is 1. The molecule has 0 saturated carbocycles. The number of benzene rings is 1. The first-order valence-electron chi connectivity index (χ1n) is 5.65. The summed E-state index contributed by atoms with van der Waals surface area (Å²) in [6.45, 7) is 1.69.